The molecule has 0 spiro atoms. The molecule has 0 aliphatic rings. The van der Waals surface area contributed by atoms with Gasteiger partial charge in [-0.25, -0.2) is 0 Å². The van der Waals surface area contributed by atoms with Crippen LogP contribution in [0.4, 0.5) is 0 Å². The second kappa shape index (κ2) is 4.40. The van der Waals surface area contributed by atoms with Gasteiger partial charge in [0.1, 0.15) is 0 Å². The van der Waals surface area contributed by atoms with E-state index in [0.717, 1.165) is 6.54 Å². The Labute approximate surface area is 79.8 Å². The van der Waals surface area contributed by atoms with E-state index < -0.39 is 0 Å². The molecular formula is C11H17NO. The number of aliphatic hydroxyl groups is 1. The topological polar surface area (TPSA) is 23.5 Å². The lowest BCUT2D eigenvalue weighted by Crippen LogP contribution is -2.18. The first-order chi connectivity index (χ1) is 6.13. The number of aliphatic hydroxyl groups excluding tert-OH is 1. The third-order valence-corrected chi connectivity index (χ3v) is 2.27. The smallest absolute Gasteiger partial charge is 0.0956 e. The van der Waals surface area contributed by atoms with Gasteiger partial charge in [-0.1, -0.05) is 18.2 Å². The summed E-state index contributed by atoms with van der Waals surface area (Å²) in [5.74, 6) is 0. The zero-order chi connectivity index (χ0) is 9.84. The van der Waals surface area contributed by atoms with Crippen LogP contribution in [0.5, 0.6) is 0 Å². The highest BCUT2D eigenvalue weighted by Gasteiger charge is 1.99. The van der Waals surface area contributed by atoms with E-state index in [0.29, 0.717) is 0 Å². The highest BCUT2D eigenvalue weighted by molar-refractivity contribution is 5.29. The molecule has 0 fully saturated rings. The fraction of sp³-hybridized carbons (Fsp3) is 0.455. The number of hydrogen-bond donors (Lipinski definition) is 1. The minimum absolute atomic E-state index is 0.104. The maximum absolute atomic E-state index is 8.85. The van der Waals surface area contributed by atoms with Gasteiger partial charge in [0.2, 0.25) is 0 Å². The van der Waals surface area contributed by atoms with Gasteiger partial charge in [-0.05, 0) is 37.6 Å². The highest BCUT2D eigenvalue weighted by Crippen LogP contribution is 2.10. The zero-order valence-electron chi connectivity index (χ0n) is 8.54. The minimum atomic E-state index is 0.104. The Kier molecular flexibility index (Phi) is 3.46. The molecule has 0 unspecified atom stereocenters. The van der Waals surface area contributed by atoms with E-state index in [1.807, 2.05) is 11.9 Å². The van der Waals surface area contributed by atoms with Crippen molar-refractivity contribution in [1.29, 1.82) is 0 Å². The average Bonchev–Trinajstić information content (AvgIpc) is 2.11. The Hall–Kier alpha value is -0.860. The van der Waals surface area contributed by atoms with Gasteiger partial charge in [0, 0.05) is 6.54 Å². The number of hydrogen-bond acceptors (Lipinski definition) is 2. The molecule has 0 bridgehead atoms. The van der Waals surface area contributed by atoms with Crippen LogP contribution in [0, 0.1) is 13.8 Å². The number of rotatable bonds is 3. The van der Waals surface area contributed by atoms with Crippen LogP contribution in [0.3, 0.4) is 0 Å². The average molecular weight is 179 g/mol. The summed E-state index contributed by atoms with van der Waals surface area (Å²) in [5.41, 5.74) is 3.87. The molecule has 2 nitrogen and oxygen atoms in total. The van der Waals surface area contributed by atoms with Crippen molar-refractivity contribution in [3.05, 3.63) is 34.9 Å². The number of nitrogens with zero attached hydrogens (tertiary/aromatic N) is 1. The molecular weight excluding hydrogens is 162 g/mol. The molecule has 0 amide bonds. The van der Waals surface area contributed by atoms with Gasteiger partial charge < -0.3 is 5.11 Å². The SMILES string of the molecule is Cc1ccc(CN(C)CO)cc1C. The maximum Gasteiger partial charge on any atom is 0.0956 e. The Morgan fingerprint density at radius 1 is 1.23 bits per heavy atom. The van der Waals surface area contributed by atoms with Crippen molar-refractivity contribution in [1.82, 2.24) is 4.90 Å². The van der Waals surface area contributed by atoms with Crippen LogP contribution in [0.1, 0.15) is 16.7 Å². The molecule has 1 rings (SSSR count). The van der Waals surface area contributed by atoms with Crippen molar-refractivity contribution < 1.29 is 5.11 Å². The Bertz CT molecular complexity index is 283. The molecule has 1 aromatic carbocycles. The van der Waals surface area contributed by atoms with Crippen molar-refractivity contribution in [2.75, 3.05) is 13.8 Å². The third-order valence-electron chi connectivity index (χ3n) is 2.27. The Balaban J connectivity index is 2.73. The van der Waals surface area contributed by atoms with Crippen LogP contribution in [-0.2, 0) is 6.54 Å². The van der Waals surface area contributed by atoms with Crippen molar-refractivity contribution >= 4 is 0 Å². The van der Waals surface area contributed by atoms with Gasteiger partial charge in [-0.15, -0.1) is 0 Å². The van der Waals surface area contributed by atoms with Crippen LogP contribution in [0.2, 0.25) is 0 Å². The molecule has 0 heterocycles. The van der Waals surface area contributed by atoms with E-state index >= 15 is 0 Å². The van der Waals surface area contributed by atoms with Crippen LogP contribution in [0.25, 0.3) is 0 Å². The molecule has 0 saturated carbocycles. The third kappa shape index (κ3) is 2.83. The summed E-state index contributed by atoms with van der Waals surface area (Å²) in [5, 5.41) is 8.85. The van der Waals surface area contributed by atoms with Gasteiger partial charge in [0.05, 0.1) is 6.73 Å². The number of benzene rings is 1. The molecule has 0 saturated heterocycles. The first-order valence-corrected chi connectivity index (χ1v) is 4.49. The Morgan fingerprint density at radius 3 is 2.46 bits per heavy atom. The van der Waals surface area contributed by atoms with Crippen LogP contribution < -0.4 is 0 Å². The lowest BCUT2D eigenvalue weighted by molar-refractivity contribution is 0.127. The van der Waals surface area contributed by atoms with E-state index in [2.05, 4.69) is 32.0 Å². The van der Waals surface area contributed by atoms with Crippen LogP contribution >= 0.6 is 0 Å². The van der Waals surface area contributed by atoms with E-state index in [1.54, 1.807) is 0 Å². The predicted octanol–water partition coefficient (Wildman–Crippen LogP) is 1.69. The van der Waals surface area contributed by atoms with Gasteiger partial charge in [0.15, 0.2) is 0 Å². The summed E-state index contributed by atoms with van der Waals surface area (Å²) in [6, 6.07) is 6.39. The summed E-state index contributed by atoms with van der Waals surface area (Å²) in [6.45, 7) is 5.12. The minimum Gasteiger partial charge on any atom is -0.381 e. The van der Waals surface area contributed by atoms with Gasteiger partial charge in [-0.3, -0.25) is 4.90 Å². The van der Waals surface area contributed by atoms with Crippen molar-refractivity contribution in [2.45, 2.75) is 20.4 Å². The molecule has 13 heavy (non-hydrogen) atoms. The van der Waals surface area contributed by atoms with Crippen molar-refractivity contribution in [2.24, 2.45) is 0 Å². The standard InChI is InChI=1S/C11H17NO/c1-9-4-5-11(6-10(9)2)7-12(3)8-13/h4-6,13H,7-8H2,1-3H3. The Morgan fingerprint density at radius 2 is 1.92 bits per heavy atom. The van der Waals surface area contributed by atoms with Crippen LogP contribution in [-0.4, -0.2) is 23.8 Å². The fourth-order valence-electron chi connectivity index (χ4n) is 1.26. The molecule has 0 aromatic heterocycles. The largest absolute Gasteiger partial charge is 0.381 e. The normalized spacial score (nSPS) is 10.8. The first kappa shape index (κ1) is 10.2. The second-order valence-corrected chi connectivity index (χ2v) is 3.57. The first-order valence-electron chi connectivity index (χ1n) is 4.49. The second-order valence-electron chi connectivity index (χ2n) is 3.57. The van der Waals surface area contributed by atoms with Gasteiger partial charge >= 0.3 is 0 Å². The lowest BCUT2D eigenvalue weighted by atomic mass is 10.1. The van der Waals surface area contributed by atoms with Gasteiger partial charge in [0.25, 0.3) is 0 Å². The highest BCUT2D eigenvalue weighted by atomic mass is 16.3. The van der Waals surface area contributed by atoms with E-state index in [-0.39, 0.29) is 6.73 Å². The molecule has 0 radical (unpaired) electrons. The molecule has 2 heteroatoms. The molecule has 0 aliphatic carbocycles. The summed E-state index contributed by atoms with van der Waals surface area (Å²) < 4.78 is 0. The summed E-state index contributed by atoms with van der Waals surface area (Å²) >= 11 is 0. The lowest BCUT2D eigenvalue weighted by Gasteiger charge is -2.13. The molecule has 1 aromatic rings. The molecule has 0 aliphatic heterocycles. The quantitative estimate of drug-likeness (QED) is 0.714. The molecule has 72 valence electrons. The van der Waals surface area contributed by atoms with E-state index in [4.69, 9.17) is 5.11 Å². The fourth-order valence-corrected chi connectivity index (χ4v) is 1.26. The summed E-state index contributed by atoms with van der Waals surface area (Å²) in [6.07, 6.45) is 0. The maximum atomic E-state index is 8.85. The van der Waals surface area contributed by atoms with Crippen molar-refractivity contribution in [3.8, 4) is 0 Å². The van der Waals surface area contributed by atoms with E-state index in [9.17, 15) is 0 Å². The van der Waals surface area contributed by atoms with Crippen molar-refractivity contribution in [3.63, 3.8) is 0 Å². The molecule has 1 N–H and O–H groups in total. The summed E-state index contributed by atoms with van der Waals surface area (Å²) in [4.78, 5) is 1.87. The molecule has 0 atom stereocenters. The summed E-state index contributed by atoms with van der Waals surface area (Å²) in [7, 11) is 1.90. The van der Waals surface area contributed by atoms with Crippen LogP contribution in [0.15, 0.2) is 18.2 Å². The zero-order valence-corrected chi connectivity index (χ0v) is 8.54. The predicted molar refractivity (Wildman–Crippen MR) is 54.5 cm³/mol. The number of aryl methyl sites for hydroxylation is 2. The van der Waals surface area contributed by atoms with E-state index in [1.165, 1.54) is 16.7 Å². The monoisotopic (exact) mass is 179 g/mol. The van der Waals surface area contributed by atoms with Gasteiger partial charge in [-0.2, -0.15) is 0 Å².